The molecule has 1 aromatic heterocycles. The second kappa shape index (κ2) is 18.8. The van der Waals surface area contributed by atoms with E-state index in [-0.39, 0.29) is 0 Å². The van der Waals surface area contributed by atoms with E-state index in [1.807, 2.05) is 0 Å². The number of pyridine rings is 1. The Bertz CT molecular complexity index is 3050. The lowest BCUT2D eigenvalue weighted by Crippen LogP contribution is -2.81. The van der Waals surface area contributed by atoms with Gasteiger partial charge in [-0.15, -0.1) is 21.9 Å². The van der Waals surface area contributed by atoms with Gasteiger partial charge in [0.15, 0.2) is 82.5 Å². The summed E-state index contributed by atoms with van der Waals surface area (Å²) < 4.78 is 296. The van der Waals surface area contributed by atoms with Gasteiger partial charge < -0.3 is 0 Å². The van der Waals surface area contributed by atoms with Crippen LogP contribution in [0.5, 0.6) is 0 Å². The van der Waals surface area contributed by atoms with Crippen LogP contribution in [0.25, 0.3) is 22.0 Å². The van der Waals surface area contributed by atoms with Crippen molar-refractivity contribution in [2.45, 2.75) is 20.4 Å². The molecule has 0 spiro atoms. The predicted octanol–water partition coefficient (Wildman–Crippen LogP) is 11.3. The number of fused-ring (bicyclic) bond motifs is 1. The quantitative estimate of drug-likeness (QED) is 0.0493. The van der Waals surface area contributed by atoms with E-state index in [0.717, 1.165) is 6.54 Å². The van der Waals surface area contributed by atoms with E-state index >= 15 is 35.1 Å². The van der Waals surface area contributed by atoms with Crippen molar-refractivity contribution >= 4 is 38.8 Å². The Balaban J connectivity index is 0.000000242. The number of halogens is 20. The summed E-state index contributed by atoms with van der Waals surface area (Å²) in [5.41, 5.74) is -7.73. The molecule has 0 fully saturated rings. The Morgan fingerprint density at radius 3 is 1.04 bits per heavy atom. The monoisotopic (exact) mass is 1000 g/mol. The lowest BCUT2D eigenvalue weighted by Gasteiger charge is -2.44. The van der Waals surface area contributed by atoms with E-state index in [1.165, 1.54) is 38.7 Å². The summed E-state index contributed by atoms with van der Waals surface area (Å²) in [6, 6.07) is 28.1. The minimum Gasteiger partial charge on any atom is -0.207 e. The molecule has 0 saturated heterocycles. The molecule has 362 valence electrons. The van der Waals surface area contributed by atoms with Gasteiger partial charge in [0.05, 0.1) is 5.39 Å². The summed E-state index contributed by atoms with van der Waals surface area (Å²) in [6.07, 6.45) is -5.00. The third-order valence-electron chi connectivity index (χ3n) is 11.7. The maximum atomic E-state index is 15.4. The normalized spacial score (nSPS) is 11.6. The lowest BCUT2D eigenvalue weighted by molar-refractivity contribution is -0.676. The van der Waals surface area contributed by atoms with Gasteiger partial charge in [-0.1, -0.05) is 60.7 Å². The molecule has 0 unspecified atom stereocenters. The van der Waals surface area contributed by atoms with Gasteiger partial charge in [-0.2, -0.15) is 4.57 Å². The minimum absolute atomic E-state index is 0.869. The Morgan fingerprint density at radius 2 is 0.671 bits per heavy atom. The van der Waals surface area contributed by atoms with Crippen LogP contribution in [0.3, 0.4) is 0 Å². The van der Waals surface area contributed by atoms with E-state index in [0.29, 0.717) is 0 Å². The molecule has 0 aliphatic rings. The van der Waals surface area contributed by atoms with Gasteiger partial charge in [-0.05, 0) is 42.5 Å². The van der Waals surface area contributed by atoms with Crippen LogP contribution < -0.4 is 26.4 Å². The van der Waals surface area contributed by atoms with Crippen molar-refractivity contribution in [2.75, 3.05) is 0 Å². The molecule has 1 heterocycles. The van der Waals surface area contributed by atoms with Crippen LogP contribution in [0.15, 0.2) is 85.1 Å². The zero-order chi connectivity index (χ0) is 51.6. The van der Waals surface area contributed by atoms with E-state index in [2.05, 4.69) is 103 Å². The molecule has 0 radical (unpaired) electrons. The van der Waals surface area contributed by atoms with Crippen LogP contribution >= 0.6 is 0 Å². The maximum Gasteiger partial charge on any atom is 0.220 e. The average molecular weight is 1000 g/mol. The van der Waals surface area contributed by atoms with Gasteiger partial charge in [-0.3, -0.25) is 0 Å². The number of hydrogen-bond acceptors (Lipinski definition) is 0. The van der Waals surface area contributed by atoms with E-state index < -0.39 is 144 Å². The Morgan fingerprint density at radius 1 is 0.343 bits per heavy atom. The van der Waals surface area contributed by atoms with Crippen molar-refractivity contribution in [3.8, 4) is 11.3 Å². The van der Waals surface area contributed by atoms with Gasteiger partial charge in [0.25, 0.3) is 0 Å². The van der Waals surface area contributed by atoms with Crippen LogP contribution in [0, 0.1) is 130 Å². The van der Waals surface area contributed by atoms with Crippen molar-refractivity contribution in [3.63, 3.8) is 0 Å². The van der Waals surface area contributed by atoms with Crippen molar-refractivity contribution in [3.05, 3.63) is 218 Å². The molecule has 0 saturated carbocycles. The summed E-state index contributed by atoms with van der Waals surface area (Å²) in [7, 11) is 0. The SMILES string of the molecule is Cc1cccc(-c2c3ccccc3cc[n+]2Cc2ccccc2)c1C.Fc1c(F)c(F)c([B-](c2c(F)c(F)c(F)c(F)c2F)(c2c(F)c(F)c(F)c(F)c2F)c2c(F)c(F)c(F)c(F)c2F)c(F)c1F. The first kappa shape index (κ1) is 50.5. The van der Waals surface area contributed by atoms with Gasteiger partial charge in [0.1, 0.15) is 52.7 Å². The minimum atomic E-state index is -7.22. The van der Waals surface area contributed by atoms with Crippen molar-refractivity contribution in [1.29, 1.82) is 0 Å². The summed E-state index contributed by atoms with van der Waals surface area (Å²) in [5, 5.41) is 2.58. The molecule has 8 aromatic rings. The van der Waals surface area contributed by atoms with Crippen LogP contribution in [-0.2, 0) is 6.54 Å². The third-order valence-corrected chi connectivity index (χ3v) is 11.7. The van der Waals surface area contributed by atoms with Gasteiger partial charge in [0.2, 0.25) is 5.69 Å². The molecule has 22 heteroatoms. The second-order valence-electron chi connectivity index (χ2n) is 15.4. The summed E-state index contributed by atoms with van der Waals surface area (Å²) in [5.74, 6) is -71.4. The summed E-state index contributed by atoms with van der Waals surface area (Å²) in [4.78, 5) is 0. The number of aromatic nitrogens is 1. The second-order valence-corrected chi connectivity index (χ2v) is 15.4. The van der Waals surface area contributed by atoms with Crippen molar-refractivity contribution < 1.29 is 92.4 Å². The van der Waals surface area contributed by atoms with Gasteiger partial charge in [-0.25, -0.2) is 87.8 Å². The smallest absolute Gasteiger partial charge is 0.207 e. The van der Waals surface area contributed by atoms with Crippen LogP contribution in [0.1, 0.15) is 16.7 Å². The highest BCUT2D eigenvalue weighted by atomic mass is 19.2. The summed E-state index contributed by atoms with van der Waals surface area (Å²) >= 11 is 0. The highest BCUT2D eigenvalue weighted by Crippen LogP contribution is 2.32. The molecule has 70 heavy (non-hydrogen) atoms. The predicted molar refractivity (Wildman–Crippen MR) is 214 cm³/mol. The molecule has 0 amide bonds. The molecule has 0 atom stereocenters. The van der Waals surface area contributed by atoms with Crippen molar-refractivity contribution in [2.24, 2.45) is 0 Å². The van der Waals surface area contributed by atoms with Crippen LogP contribution in [-0.4, -0.2) is 6.15 Å². The first-order valence-corrected chi connectivity index (χ1v) is 19.7. The van der Waals surface area contributed by atoms with Crippen molar-refractivity contribution in [1.82, 2.24) is 0 Å². The first-order chi connectivity index (χ1) is 32.9. The van der Waals surface area contributed by atoms with Gasteiger partial charge in [0, 0.05) is 17.2 Å². The summed E-state index contributed by atoms with van der Waals surface area (Å²) in [6.45, 7) is 5.28. The van der Waals surface area contributed by atoms with E-state index in [4.69, 9.17) is 0 Å². The Hall–Kier alpha value is -7.39. The third kappa shape index (κ3) is 7.76. The standard InChI is InChI=1S/C24BF20.C24H22N/c26-5-1(6(27)14(35)21(42)13(5)34)25(2-7(28)15(36)22(43)16(37)8(2)29,3-9(30)17(38)23(44)18(39)10(3)31)4-11(32)19(40)24(45)20(41)12(4)33;1-18-9-8-14-22(19(18)2)24-23-13-7-6-12-21(23)15-16-25(24)17-20-10-4-3-5-11-20/h;3-16H,17H2,1-2H3/q-1;+1. The number of hydrogen-bond donors (Lipinski definition) is 0. The average Bonchev–Trinajstić information content (AvgIpc) is 3.35. The highest BCUT2D eigenvalue weighted by molar-refractivity contribution is 7.20. The topological polar surface area (TPSA) is 3.88 Å². The largest absolute Gasteiger partial charge is 0.220 e. The molecular formula is C48H22BF20N. The molecular weight excluding hydrogens is 981 g/mol. The fourth-order valence-corrected chi connectivity index (χ4v) is 8.35. The van der Waals surface area contributed by atoms with Crippen LogP contribution in [0.2, 0.25) is 0 Å². The highest BCUT2D eigenvalue weighted by Gasteiger charge is 2.52. The fraction of sp³-hybridized carbons (Fsp3) is 0.0625. The number of benzene rings is 7. The maximum absolute atomic E-state index is 15.4. The molecule has 0 bridgehead atoms. The number of nitrogens with zero attached hydrogens (tertiary/aromatic N) is 1. The molecule has 7 aromatic carbocycles. The number of rotatable bonds is 7. The fourth-order valence-electron chi connectivity index (χ4n) is 8.35. The zero-order valence-electron chi connectivity index (χ0n) is 34.9. The van der Waals surface area contributed by atoms with Gasteiger partial charge >= 0.3 is 0 Å². The molecule has 1 nitrogen and oxygen atoms in total. The molecule has 0 aliphatic heterocycles. The Labute approximate surface area is 380 Å². The zero-order valence-corrected chi connectivity index (χ0v) is 34.9. The van der Waals surface area contributed by atoms with E-state index in [1.54, 1.807) is 0 Å². The van der Waals surface area contributed by atoms with Crippen LogP contribution in [0.4, 0.5) is 87.8 Å². The Kier molecular flexibility index (Phi) is 13.6. The van der Waals surface area contributed by atoms with E-state index in [9.17, 15) is 52.7 Å². The molecule has 0 N–H and O–H groups in total. The molecule has 0 aliphatic carbocycles. The molecule has 8 rings (SSSR count). The first-order valence-electron chi connectivity index (χ1n) is 19.7. The number of aryl methyl sites for hydroxylation is 1. The lowest BCUT2D eigenvalue weighted by atomic mass is 9.12.